The van der Waals surface area contributed by atoms with Crippen molar-refractivity contribution >= 4 is 0 Å². The molecule has 4 rings (SSSR count). The average molecular weight is 347 g/mol. The van der Waals surface area contributed by atoms with Gasteiger partial charge in [0.25, 0.3) is 0 Å². The molecule has 0 radical (unpaired) electrons. The van der Waals surface area contributed by atoms with E-state index in [1.165, 1.54) is 77.5 Å². The molecule has 0 amide bonds. The highest BCUT2D eigenvalue weighted by molar-refractivity contribution is 4.93. The Kier molecular flexibility index (Phi) is 5.77. The molecule has 0 aromatic heterocycles. The highest BCUT2D eigenvalue weighted by atomic mass is 15.2. The smallest absolute Gasteiger partial charge is 0.0101 e. The maximum Gasteiger partial charge on any atom is 0.0101 e. The van der Waals surface area contributed by atoms with Crippen LogP contribution in [0, 0.1) is 29.6 Å². The van der Waals surface area contributed by atoms with Gasteiger partial charge in [0.2, 0.25) is 0 Å². The molecule has 4 fully saturated rings. The summed E-state index contributed by atoms with van der Waals surface area (Å²) in [5, 5.41) is 0. The number of rotatable bonds is 5. The van der Waals surface area contributed by atoms with Crippen molar-refractivity contribution in [2.45, 2.75) is 90.6 Å². The first-order valence-corrected chi connectivity index (χ1v) is 11.6. The second-order valence-electron chi connectivity index (χ2n) is 10.3. The van der Waals surface area contributed by atoms with E-state index in [1.807, 2.05) is 0 Å². The molecule has 2 aliphatic heterocycles. The van der Waals surface area contributed by atoms with Gasteiger partial charge in [-0.2, -0.15) is 0 Å². The molecule has 2 nitrogen and oxygen atoms in total. The third-order valence-electron chi connectivity index (χ3n) is 8.77. The van der Waals surface area contributed by atoms with Crippen molar-refractivity contribution in [3.05, 3.63) is 0 Å². The van der Waals surface area contributed by atoms with Crippen LogP contribution in [0.4, 0.5) is 0 Å². The maximum absolute atomic E-state index is 2.86. The van der Waals surface area contributed by atoms with E-state index in [0.29, 0.717) is 0 Å². The first-order valence-electron chi connectivity index (χ1n) is 11.6. The molecule has 144 valence electrons. The van der Waals surface area contributed by atoms with E-state index in [-0.39, 0.29) is 0 Å². The lowest BCUT2D eigenvalue weighted by atomic mass is 9.69. The van der Waals surface area contributed by atoms with Gasteiger partial charge in [-0.25, -0.2) is 0 Å². The van der Waals surface area contributed by atoms with Crippen molar-refractivity contribution < 1.29 is 0 Å². The first kappa shape index (κ1) is 18.3. The molecule has 4 aliphatic rings. The Labute approximate surface area is 156 Å². The van der Waals surface area contributed by atoms with Crippen molar-refractivity contribution in [3.8, 4) is 0 Å². The van der Waals surface area contributed by atoms with Crippen molar-refractivity contribution in [2.75, 3.05) is 26.2 Å². The van der Waals surface area contributed by atoms with Crippen molar-refractivity contribution in [3.63, 3.8) is 0 Å². The number of piperidine rings is 2. The van der Waals surface area contributed by atoms with E-state index >= 15 is 0 Å². The molecule has 2 saturated carbocycles. The van der Waals surface area contributed by atoms with E-state index in [4.69, 9.17) is 0 Å². The maximum atomic E-state index is 2.86. The highest BCUT2D eigenvalue weighted by Gasteiger charge is 2.40. The summed E-state index contributed by atoms with van der Waals surface area (Å²) in [7, 11) is 0. The minimum Gasteiger partial charge on any atom is -0.300 e. The van der Waals surface area contributed by atoms with Crippen LogP contribution < -0.4 is 0 Å². The van der Waals surface area contributed by atoms with Crippen LogP contribution in [0.3, 0.4) is 0 Å². The van der Waals surface area contributed by atoms with Crippen LogP contribution in [-0.4, -0.2) is 48.1 Å². The molecule has 25 heavy (non-hydrogen) atoms. The largest absolute Gasteiger partial charge is 0.300 e. The van der Waals surface area contributed by atoms with Gasteiger partial charge in [-0.1, -0.05) is 33.6 Å². The lowest BCUT2D eigenvalue weighted by Crippen LogP contribution is -2.52. The molecular weight excluding hydrogens is 304 g/mol. The van der Waals surface area contributed by atoms with Crippen molar-refractivity contribution in [1.82, 2.24) is 9.80 Å². The lowest BCUT2D eigenvalue weighted by molar-refractivity contribution is -0.0000649. The van der Waals surface area contributed by atoms with Gasteiger partial charge in [-0.15, -0.1) is 0 Å². The predicted octanol–water partition coefficient (Wildman–Crippen LogP) is 5.03. The fourth-order valence-corrected chi connectivity index (χ4v) is 6.21. The summed E-state index contributed by atoms with van der Waals surface area (Å²) < 4.78 is 0. The van der Waals surface area contributed by atoms with Gasteiger partial charge in [-0.3, -0.25) is 0 Å². The Morgan fingerprint density at radius 3 is 2.12 bits per heavy atom. The molecule has 0 aromatic carbocycles. The molecule has 2 heterocycles. The number of hydrogen-bond donors (Lipinski definition) is 0. The first-order chi connectivity index (χ1) is 12.1. The summed E-state index contributed by atoms with van der Waals surface area (Å²) in [6.07, 6.45) is 13.4. The van der Waals surface area contributed by atoms with Crippen LogP contribution in [0.1, 0.15) is 78.6 Å². The number of hydrogen-bond acceptors (Lipinski definition) is 2. The van der Waals surface area contributed by atoms with Gasteiger partial charge in [-0.05, 0) is 87.6 Å². The van der Waals surface area contributed by atoms with Gasteiger partial charge in [0.15, 0.2) is 0 Å². The minimum absolute atomic E-state index is 0.910. The third kappa shape index (κ3) is 3.95. The van der Waals surface area contributed by atoms with Gasteiger partial charge < -0.3 is 9.80 Å². The molecule has 0 aromatic rings. The van der Waals surface area contributed by atoms with Gasteiger partial charge >= 0.3 is 0 Å². The summed E-state index contributed by atoms with van der Waals surface area (Å²) in [6.45, 7) is 12.9. The normalized spacial score (nSPS) is 44.3. The summed E-state index contributed by atoms with van der Waals surface area (Å²) >= 11 is 0. The Bertz CT molecular complexity index is 426. The molecule has 2 saturated heterocycles. The average Bonchev–Trinajstić information content (AvgIpc) is 2.52. The van der Waals surface area contributed by atoms with Crippen molar-refractivity contribution in [1.29, 1.82) is 0 Å². The molecule has 4 atom stereocenters. The number of likely N-dealkylation sites (tertiary alicyclic amines) is 2. The Morgan fingerprint density at radius 1 is 0.760 bits per heavy atom. The Morgan fingerprint density at radius 2 is 1.48 bits per heavy atom. The van der Waals surface area contributed by atoms with Gasteiger partial charge in [0.05, 0.1) is 0 Å². The molecule has 0 spiro atoms. The second kappa shape index (κ2) is 7.89. The second-order valence-corrected chi connectivity index (χ2v) is 10.3. The van der Waals surface area contributed by atoms with E-state index in [9.17, 15) is 0 Å². The summed E-state index contributed by atoms with van der Waals surface area (Å²) in [5.74, 6) is 4.93. The van der Waals surface area contributed by atoms with Crippen LogP contribution in [0.15, 0.2) is 0 Å². The minimum atomic E-state index is 0.910. The van der Waals surface area contributed by atoms with E-state index in [1.54, 1.807) is 6.42 Å². The molecule has 0 unspecified atom stereocenters. The van der Waals surface area contributed by atoms with Crippen molar-refractivity contribution in [2.24, 2.45) is 29.6 Å². The number of nitrogens with zero attached hydrogens (tertiary/aromatic N) is 2. The van der Waals surface area contributed by atoms with E-state index < -0.39 is 0 Å². The van der Waals surface area contributed by atoms with E-state index in [0.717, 1.165) is 41.7 Å². The lowest BCUT2D eigenvalue weighted by Gasteiger charge is -2.50. The Balaban J connectivity index is 1.21. The van der Waals surface area contributed by atoms with Gasteiger partial charge in [0.1, 0.15) is 0 Å². The summed E-state index contributed by atoms with van der Waals surface area (Å²) in [5.41, 5.74) is 0. The standard InChI is InChI=1S/C23H42N2/c1-4-20-16-25(22-6-5-7-22)11-9-21(20)12-19-13-23(14-19)24-10-8-17(2)18(3)15-24/h17-23H,4-16H2,1-3H3/t17-,18-,19?,20-,21-,23?/m0/s1. The zero-order valence-electron chi connectivity index (χ0n) is 17.1. The zero-order chi connectivity index (χ0) is 17.4. The monoisotopic (exact) mass is 346 g/mol. The van der Waals surface area contributed by atoms with Crippen LogP contribution in [0.25, 0.3) is 0 Å². The van der Waals surface area contributed by atoms with Crippen LogP contribution in [0.5, 0.6) is 0 Å². The van der Waals surface area contributed by atoms with Crippen LogP contribution in [-0.2, 0) is 0 Å². The van der Waals surface area contributed by atoms with Gasteiger partial charge in [0, 0.05) is 25.2 Å². The quantitative estimate of drug-likeness (QED) is 0.688. The molecule has 0 N–H and O–H groups in total. The van der Waals surface area contributed by atoms with Crippen LogP contribution in [0.2, 0.25) is 0 Å². The SMILES string of the molecule is CC[C@H]1CN(C2CCC2)CC[C@H]1CC1CC(N2CC[C@H](C)[C@@H](C)C2)C1. The zero-order valence-corrected chi connectivity index (χ0v) is 17.1. The summed E-state index contributed by atoms with van der Waals surface area (Å²) in [4.78, 5) is 5.70. The molecular formula is C23H42N2. The molecule has 2 aliphatic carbocycles. The fraction of sp³-hybridized carbons (Fsp3) is 1.00. The summed E-state index contributed by atoms with van der Waals surface area (Å²) in [6, 6.07) is 1.90. The molecule has 0 bridgehead atoms. The predicted molar refractivity (Wildman–Crippen MR) is 107 cm³/mol. The van der Waals surface area contributed by atoms with E-state index in [2.05, 4.69) is 30.6 Å². The Hall–Kier alpha value is -0.0800. The third-order valence-corrected chi connectivity index (χ3v) is 8.77. The fourth-order valence-electron chi connectivity index (χ4n) is 6.21. The molecule has 2 heteroatoms. The topological polar surface area (TPSA) is 6.48 Å². The van der Waals surface area contributed by atoms with Crippen LogP contribution >= 0.6 is 0 Å². The highest BCUT2D eigenvalue weighted by Crippen LogP contribution is 2.43.